The first-order valence-electron chi connectivity index (χ1n) is 5.76. The van der Waals surface area contributed by atoms with Crippen LogP contribution in [0, 0.1) is 0 Å². The normalized spacial score (nSPS) is 10.4. The molecule has 2 aromatic rings. The first-order valence-corrected chi connectivity index (χ1v) is 7.11. The Morgan fingerprint density at radius 1 is 0.824 bits per heavy atom. The summed E-state index contributed by atoms with van der Waals surface area (Å²) >= 11 is 7.48. The summed E-state index contributed by atoms with van der Waals surface area (Å²) in [5, 5.41) is 0. The quantitative estimate of drug-likeness (QED) is 0.683. The average Bonchev–Trinajstić information content (AvgIpc) is 2.39. The molecule has 0 aliphatic carbocycles. The molecule has 0 amide bonds. The molecule has 88 valence electrons. The van der Waals surface area contributed by atoms with Crippen LogP contribution in [0.15, 0.2) is 64.4 Å². The fraction of sp³-hybridized carbons (Fsp3) is 0.200. The van der Waals surface area contributed by atoms with Gasteiger partial charge in [0.2, 0.25) is 0 Å². The van der Waals surface area contributed by atoms with E-state index in [2.05, 4.69) is 48.5 Å². The second-order valence-electron chi connectivity index (χ2n) is 3.85. The molecule has 0 atom stereocenters. The predicted molar refractivity (Wildman–Crippen MR) is 76.0 cm³/mol. The molecule has 0 aliphatic heterocycles. The third kappa shape index (κ3) is 4.10. The Kier molecular flexibility index (Phi) is 4.96. The van der Waals surface area contributed by atoms with Crippen molar-refractivity contribution in [1.29, 1.82) is 0 Å². The van der Waals surface area contributed by atoms with Crippen LogP contribution in [0.25, 0.3) is 0 Å². The van der Waals surface area contributed by atoms with E-state index in [0.29, 0.717) is 0 Å². The van der Waals surface area contributed by atoms with E-state index in [1.807, 2.05) is 6.07 Å². The van der Waals surface area contributed by atoms with Gasteiger partial charge in [0.05, 0.1) is 0 Å². The van der Waals surface area contributed by atoms with Crippen molar-refractivity contribution >= 4 is 23.4 Å². The van der Waals surface area contributed by atoms with E-state index in [1.165, 1.54) is 15.4 Å². The van der Waals surface area contributed by atoms with Gasteiger partial charge in [-0.15, -0.1) is 11.6 Å². The summed E-state index contributed by atoms with van der Waals surface area (Å²) in [6.45, 7) is 0. The van der Waals surface area contributed by atoms with Gasteiger partial charge >= 0.3 is 0 Å². The molecule has 0 fully saturated rings. The zero-order chi connectivity index (χ0) is 11.9. The van der Waals surface area contributed by atoms with Crippen molar-refractivity contribution in [3.63, 3.8) is 0 Å². The highest BCUT2D eigenvalue weighted by Gasteiger charge is 1.97. The average molecular weight is 263 g/mol. The molecule has 0 aliphatic rings. The highest BCUT2D eigenvalue weighted by molar-refractivity contribution is 7.99. The third-order valence-electron chi connectivity index (χ3n) is 2.50. The van der Waals surface area contributed by atoms with Crippen LogP contribution >= 0.6 is 23.4 Å². The molecule has 2 heteroatoms. The lowest BCUT2D eigenvalue weighted by molar-refractivity contribution is 0.927. The molecule has 17 heavy (non-hydrogen) atoms. The van der Waals surface area contributed by atoms with Crippen LogP contribution in [0.3, 0.4) is 0 Å². The molecule has 0 spiro atoms. The smallest absolute Gasteiger partial charge is 0.0226 e. The van der Waals surface area contributed by atoms with Crippen LogP contribution in [0.2, 0.25) is 0 Å². The number of benzene rings is 2. The van der Waals surface area contributed by atoms with Crippen LogP contribution in [0.5, 0.6) is 0 Å². The van der Waals surface area contributed by atoms with Crippen LogP contribution in [0.1, 0.15) is 12.0 Å². The Morgan fingerprint density at radius 2 is 1.47 bits per heavy atom. The number of alkyl halides is 1. The molecular weight excluding hydrogens is 248 g/mol. The fourth-order valence-corrected chi connectivity index (χ4v) is 2.59. The lowest BCUT2D eigenvalue weighted by atomic mass is 10.1. The minimum atomic E-state index is 0.737. The van der Waals surface area contributed by atoms with E-state index in [9.17, 15) is 0 Å². The van der Waals surface area contributed by atoms with Gasteiger partial charge in [0.25, 0.3) is 0 Å². The van der Waals surface area contributed by atoms with Gasteiger partial charge in [-0.05, 0) is 42.7 Å². The summed E-state index contributed by atoms with van der Waals surface area (Å²) in [5.41, 5.74) is 1.36. The molecular formula is C15H15ClS. The maximum absolute atomic E-state index is 5.69. The van der Waals surface area contributed by atoms with E-state index >= 15 is 0 Å². The highest BCUT2D eigenvalue weighted by Crippen LogP contribution is 2.27. The van der Waals surface area contributed by atoms with Crippen LogP contribution in [-0.2, 0) is 6.42 Å². The maximum Gasteiger partial charge on any atom is 0.0226 e. The second-order valence-corrected chi connectivity index (χ2v) is 5.38. The van der Waals surface area contributed by atoms with Gasteiger partial charge < -0.3 is 0 Å². The van der Waals surface area contributed by atoms with Crippen molar-refractivity contribution in [1.82, 2.24) is 0 Å². The van der Waals surface area contributed by atoms with Crippen molar-refractivity contribution < 1.29 is 0 Å². The first kappa shape index (κ1) is 12.5. The van der Waals surface area contributed by atoms with Gasteiger partial charge in [0, 0.05) is 15.7 Å². The number of hydrogen-bond acceptors (Lipinski definition) is 1. The largest absolute Gasteiger partial charge is 0.127 e. The lowest BCUT2D eigenvalue weighted by Crippen LogP contribution is -1.85. The molecule has 0 heterocycles. The van der Waals surface area contributed by atoms with Crippen molar-refractivity contribution in [2.24, 2.45) is 0 Å². The maximum atomic E-state index is 5.69. The number of aryl methyl sites for hydroxylation is 1. The van der Waals surface area contributed by atoms with Crippen LogP contribution in [-0.4, -0.2) is 5.88 Å². The lowest BCUT2D eigenvalue weighted by Gasteiger charge is -2.03. The summed E-state index contributed by atoms with van der Waals surface area (Å²) in [4.78, 5) is 2.56. The Hall–Kier alpha value is -0.920. The number of rotatable bonds is 5. The summed E-state index contributed by atoms with van der Waals surface area (Å²) in [6.07, 6.45) is 2.12. The van der Waals surface area contributed by atoms with E-state index < -0.39 is 0 Å². The Balaban J connectivity index is 1.98. The number of halogens is 1. The Morgan fingerprint density at radius 3 is 2.12 bits per heavy atom. The second kappa shape index (κ2) is 6.73. The van der Waals surface area contributed by atoms with Gasteiger partial charge in [-0.2, -0.15) is 0 Å². The molecule has 0 aromatic heterocycles. The molecule has 2 rings (SSSR count). The van der Waals surface area contributed by atoms with Crippen LogP contribution in [0.4, 0.5) is 0 Å². The van der Waals surface area contributed by atoms with Gasteiger partial charge in [0.15, 0.2) is 0 Å². The van der Waals surface area contributed by atoms with E-state index in [-0.39, 0.29) is 0 Å². The van der Waals surface area contributed by atoms with E-state index in [1.54, 1.807) is 11.8 Å². The summed E-state index contributed by atoms with van der Waals surface area (Å²) in [6, 6.07) is 19.2. The molecule has 0 N–H and O–H groups in total. The molecule has 0 bridgehead atoms. The summed E-state index contributed by atoms with van der Waals surface area (Å²) in [7, 11) is 0. The Bertz CT molecular complexity index is 436. The summed E-state index contributed by atoms with van der Waals surface area (Å²) in [5.74, 6) is 0.737. The summed E-state index contributed by atoms with van der Waals surface area (Å²) < 4.78 is 0. The van der Waals surface area contributed by atoms with E-state index in [4.69, 9.17) is 11.6 Å². The predicted octanol–water partition coefficient (Wildman–Crippen LogP) is 5.01. The van der Waals surface area contributed by atoms with Crippen molar-refractivity contribution in [2.45, 2.75) is 22.6 Å². The molecule has 2 aromatic carbocycles. The van der Waals surface area contributed by atoms with Gasteiger partial charge in [0.1, 0.15) is 0 Å². The Labute approximate surface area is 112 Å². The molecule has 0 saturated heterocycles. The minimum Gasteiger partial charge on any atom is -0.127 e. The SMILES string of the molecule is ClCCCc1ccc(Sc2ccccc2)cc1. The standard InChI is InChI=1S/C15H15ClS/c16-12-4-5-13-8-10-15(11-9-13)17-14-6-2-1-3-7-14/h1-3,6-11H,4-5,12H2. The zero-order valence-corrected chi connectivity index (χ0v) is 11.2. The monoisotopic (exact) mass is 262 g/mol. The number of hydrogen-bond donors (Lipinski definition) is 0. The van der Waals surface area contributed by atoms with Crippen molar-refractivity contribution in [3.8, 4) is 0 Å². The van der Waals surface area contributed by atoms with E-state index in [0.717, 1.165) is 18.7 Å². The van der Waals surface area contributed by atoms with Crippen molar-refractivity contribution in [2.75, 3.05) is 5.88 Å². The van der Waals surface area contributed by atoms with Gasteiger partial charge in [-0.1, -0.05) is 42.1 Å². The van der Waals surface area contributed by atoms with Gasteiger partial charge in [-0.25, -0.2) is 0 Å². The topological polar surface area (TPSA) is 0 Å². The molecule has 0 unspecified atom stereocenters. The zero-order valence-electron chi connectivity index (χ0n) is 9.60. The molecule has 0 nitrogen and oxygen atoms in total. The van der Waals surface area contributed by atoms with Crippen molar-refractivity contribution in [3.05, 3.63) is 60.2 Å². The third-order valence-corrected chi connectivity index (χ3v) is 3.78. The first-order chi connectivity index (χ1) is 8.38. The molecule has 0 saturated carbocycles. The minimum absolute atomic E-state index is 0.737. The highest BCUT2D eigenvalue weighted by atomic mass is 35.5. The van der Waals surface area contributed by atoms with Gasteiger partial charge in [-0.3, -0.25) is 0 Å². The molecule has 0 radical (unpaired) electrons. The van der Waals surface area contributed by atoms with Crippen LogP contribution < -0.4 is 0 Å². The fourth-order valence-electron chi connectivity index (χ4n) is 1.62.